The summed E-state index contributed by atoms with van der Waals surface area (Å²) in [4.78, 5) is 28.3. The van der Waals surface area contributed by atoms with E-state index < -0.39 is 0 Å². The summed E-state index contributed by atoms with van der Waals surface area (Å²) >= 11 is 5.89. The van der Waals surface area contributed by atoms with Crippen LogP contribution >= 0.6 is 11.6 Å². The van der Waals surface area contributed by atoms with Crippen molar-refractivity contribution in [2.45, 2.75) is 38.5 Å². The van der Waals surface area contributed by atoms with Crippen molar-refractivity contribution in [3.8, 4) is 11.4 Å². The Labute approximate surface area is 178 Å². The summed E-state index contributed by atoms with van der Waals surface area (Å²) in [7, 11) is 0. The highest BCUT2D eigenvalue weighted by molar-refractivity contribution is 6.30. The lowest BCUT2D eigenvalue weighted by atomic mass is 10.1. The lowest BCUT2D eigenvalue weighted by Crippen LogP contribution is -2.12. The van der Waals surface area contributed by atoms with Gasteiger partial charge in [0.05, 0.1) is 0 Å². The molecule has 154 valence electrons. The maximum absolute atomic E-state index is 12.3. The topological polar surface area (TPSA) is 97.1 Å². The van der Waals surface area contributed by atoms with Gasteiger partial charge in [0.1, 0.15) is 0 Å². The van der Waals surface area contributed by atoms with E-state index >= 15 is 0 Å². The Balaban J connectivity index is 1.28. The molecule has 0 saturated carbocycles. The molecule has 3 aromatic rings. The van der Waals surface area contributed by atoms with Crippen LogP contribution in [0, 0.1) is 0 Å². The zero-order chi connectivity index (χ0) is 20.9. The van der Waals surface area contributed by atoms with Crippen LogP contribution in [0.2, 0.25) is 5.02 Å². The fraction of sp³-hybridized carbons (Fsp3) is 0.273. The van der Waals surface area contributed by atoms with E-state index in [1.54, 1.807) is 18.2 Å². The van der Waals surface area contributed by atoms with E-state index in [1.165, 1.54) is 0 Å². The molecular weight excluding hydrogens is 404 g/mol. The van der Waals surface area contributed by atoms with Gasteiger partial charge in [0.2, 0.25) is 23.5 Å². The smallest absolute Gasteiger partial charge is 0.226 e. The van der Waals surface area contributed by atoms with Crippen molar-refractivity contribution in [1.29, 1.82) is 0 Å². The van der Waals surface area contributed by atoms with Crippen molar-refractivity contribution in [2.75, 3.05) is 10.6 Å². The van der Waals surface area contributed by atoms with Crippen molar-refractivity contribution in [3.63, 3.8) is 0 Å². The summed E-state index contributed by atoms with van der Waals surface area (Å²) in [6.45, 7) is 0. The van der Waals surface area contributed by atoms with Gasteiger partial charge in [-0.05, 0) is 67.3 Å². The molecule has 2 amide bonds. The number of carbonyl (C=O) groups is 2. The van der Waals surface area contributed by atoms with Crippen molar-refractivity contribution >= 4 is 34.8 Å². The maximum atomic E-state index is 12.3. The third-order valence-electron chi connectivity index (χ3n) is 4.88. The average molecular weight is 425 g/mol. The van der Waals surface area contributed by atoms with Crippen molar-refractivity contribution in [2.24, 2.45) is 0 Å². The summed E-state index contributed by atoms with van der Waals surface area (Å²) in [5.41, 5.74) is 3.42. The molecule has 1 aliphatic rings. The molecule has 2 N–H and O–H groups in total. The number of fused-ring (bicyclic) bond motifs is 1. The molecule has 1 aliphatic heterocycles. The summed E-state index contributed by atoms with van der Waals surface area (Å²) in [5.74, 6) is 0.951. The SMILES string of the molecule is O=C(CCCc1nc(-c2ccc(Cl)cc2)no1)Nc1ccc2c(c1)CCCC(=O)N2. The number of nitrogens with one attached hydrogen (secondary N) is 2. The molecule has 30 heavy (non-hydrogen) atoms. The highest BCUT2D eigenvalue weighted by Gasteiger charge is 2.14. The first-order chi connectivity index (χ1) is 14.6. The number of nitrogens with zero attached hydrogens (tertiary/aromatic N) is 2. The Bertz CT molecular complexity index is 1060. The first-order valence-electron chi connectivity index (χ1n) is 9.88. The number of hydrogen-bond donors (Lipinski definition) is 2. The molecule has 2 aromatic carbocycles. The van der Waals surface area contributed by atoms with E-state index in [2.05, 4.69) is 20.8 Å². The van der Waals surface area contributed by atoms with E-state index in [0.717, 1.165) is 35.3 Å². The van der Waals surface area contributed by atoms with Gasteiger partial charge in [-0.1, -0.05) is 16.8 Å². The molecule has 0 unspecified atom stereocenters. The van der Waals surface area contributed by atoms with E-state index in [1.807, 2.05) is 24.3 Å². The van der Waals surface area contributed by atoms with Crippen LogP contribution in [0.15, 0.2) is 47.0 Å². The first kappa shape index (κ1) is 20.1. The van der Waals surface area contributed by atoms with Gasteiger partial charge in [-0.25, -0.2) is 0 Å². The van der Waals surface area contributed by atoms with Gasteiger partial charge in [0.15, 0.2) is 0 Å². The number of hydrogen-bond acceptors (Lipinski definition) is 5. The molecule has 4 rings (SSSR count). The lowest BCUT2D eigenvalue weighted by molar-refractivity contribution is -0.117. The number of carbonyl (C=O) groups excluding carboxylic acids is 2. The second kappa shape index (κ2) is 9.09. The fourth-order valence-electron chi connectivity index (χ4n) is 3.35. The van der Waals surface area contributed by atoms with Gasteiger partial charge in [0, 0.05) is 41.2 Å². The van der Waals surface area contributed by atoms with Crippen molar-refractivity contribution in [1.82, 2.24) is 10.1 Å². The third-order valence-corrected chi connectivity index (χ3v) is 5.13. The summed E-state index contributed by atoms with van der Waals surface area (Å²) in [5, 5.41) is 10.4. The number of rotatable bonds is 6. The monoisotopic (exact) mass is 424 g/mol. The van der Waals surface area contributed by atoms with Gasteiger partial charge in [-0.2, -0.15) is 4.98 Å². The molecule has 0 fully saturated rings. The molecular formula is C22H21ClN4O3. The molecule has 0 radical (unpaired) electrons. The zero-order valence-electron chi connectivity index (χ0n) is 16.3. The van der Waals surface area contributed by atoms with Crippen LogP contribution in [-0.2, 0) is 22.4 Å². The minimum Gasteiger partial charge on any atom is -0.339 e. The number of benzene rings is 2. The van der Waals surface area contributed by atoms with Gasteiger partial charge in [0.25, 0.3) is 0 Å². The second-order valence-corrected chi connectivity index (χ2v) is 7.63. The summed E-state index contributed by atoms with van der Waals surface area (Å²) in [6.07, 6.45) is 3.58. The predicted molar refractivity (Wildman–Crippen MR) is 114 cm³/mol. The van der Waals surface area contributed by atoms with Crippen LogP contribution in [0.25, 0.3) is 11.4 Å². The van der Waals surface area contributed by atoms with Crippen LogP contribution < -0.4 is 10.6 Å². The highest BCUT2D eigenvalue weighted by atomic mass is 35.5. The van der Waals surface area contributed by atoms with Gasteiger partial charge < -0.3 is 15.2 Å². The Morgan fingerprint density at radius 2 is 2.00 bits per heavy atom. The van der Waals surface area contributed by atoms with E-state index in [4.69, 9.17) is 16.1 Å². The molecule has 0 spiro atoms. The standard InChI is InChI=1S/C22H21ClN4O3/c23-16-9-7-14(8-10-16)22-26-21(30-27-22)6-2-5-19(28)24-17-11-12-18-15(13-17)3-1-4-20(29)25-18/h7-13H,1-6H2,(H,24,28)(H,25,29). The van der Waals surface area contributed by atoms with Gasteiger partial charge in [-0.3, -0.25) is 9.59 Å². The van der Waals surface area contributed by atoms with Crippen LogP contribution in [0.3, 0.4) is 0 Å². The molecule has 2 heterocycles. The predicted octanol–water partition coefficient (Wildman–Crippen LogP) is 4.63. The van der Waals surface area contributed by atoms with E-state index in [9.17, 15) is 9.59 Å². The summed E-state index contributed by atoms with van der Waals surface area (Å²) < 4.78 is 5.27. The minimum absolute atomic E-state index is 0.0331. The zero-order valence-corrected chi connectivity index (χ0v) is 17.0. The van der Waals surface area contributed by atoms with Gasteiger partial charge >= 0.3 is 0 Å². The molecule has 0 bridgehead atoms. The van der Waals surface area contributed by atoms with Crippen LogP contribution in [0.5, 0.6) is 0 Å². The average Bonchev–Trinajstić information content (AvgIpc) is 3.11. The first-order valence-corrected chi connectivity index (χ1v) is 10.3. The normalized spacial score (nSPS) is 13.3. The number of aromatic nitrogens is 2. The molecule has 0 atom stereocenters. The summed E-state index contributed by atoms with van der Waals surface area (Å²) in [6, 6.07) is 12.8. The van der Waals surface area contributed by atoms with Crippen molar-refractivity contribution < 1.29 is 14.1 Å². The fourth-order valence-corrected chi connectivity index (χ4v) is 3.47. The van der Waals surface area contributed by atoms with Crippen LogP contribution in [0.1, 0.15) is 37.1 Å². The van der Waals surface area contributed by atoms with Crippen LogP contribution in [-0.4, -0.2) is 22.0 Å². The number of aryl methyl sites for hydroxylation is 2. The Morgan fingerprint density at radius 1 is 1.17 bits per heavy atom. The Morgan fingerprint density at radius 3 is 2.83 bits per heavy atom. The number of anilines is 2. The molecule has 8 heteroatoms. The quantitative estimate of drug-likeness (QED) is 0.601. The molecule has 1 aromatic heterocycles. The lowest BCUT2D eigenvalue weighted by Gasteiger charge is -2.10. The maximum Gasteiger partial charge on any atom is 0.226 e. The van der Waals surface area contributed by atoms with Crippen LogP contribution in [0.4, 0.5) is 11.4 Å². The number of amides is 2. The number of halogens is 1. The molecule has 0 aliphatic carbocycles. The Kier molecular flexibility index (Phi) is 6.09. The van der Waals surface area contributed by atoms with Gasteiger partial charge in [-0.15, -0.1) is 0 Å². The Hall–Kier alpha value is -3.19. The largest absolute Gasteiger partial charge is 0.339 e. The minimum atomic E-state index is -0.0787. The van der Waals surface area contributed by atoms with E-state index in [-0.39, 0.29) is 11.8 Å². The second-order valence-electron chi connectivity index (χ2n) is 7.19. The van der Waals surface area contributed by atoms with E-state index in [0.29, 0.717) is 42.4 Å². The molecule has 0 saturated heterocycles. The van der Waals surface area contributed by atoms with Crippen molar-refractivity contribution in [3.05, 3.63) is 58.9 Å². The highest BCUT2D eigenvalue weighted by Crippen LogP contribution is 2.25. The molecule has 7 nitrogen and oxygen atoms in total. The third kappa shape index (κ3) is 5.04.